The molecule has 0 atom stereocenters. The third-order valence-electron chi connectivity index (χ3n) is 3.91. The molecule has 1 N–H and O–H groups in total. The van der Waals surface area contributed by atoms with Gasteiger partial charge in [-0.3, -0.25) is 9.98 Å². The van der Waals surface area contributed by atoms with Crippen molar-refractivity contribution in [2.45, 2.75) is 19.9 Å². The second-order valence-corrected chi connectivity index (χ2v) is 6.06. The van der Waals surface area contributed by atoms with Gasteiger partial charge in [0.05, 0.1) is 0 Å². The number of aliphatic imine (C=N–C) groups is 1. The molecule has 0 bridgehead atoms. The normalized spacial score (nSPS) is 11.0. The molecule has 0 amide bonds. The fraction of sp³-hybridized carbons (Fsp3) is 0.300. The van der Waals surface area contributed by atoms with E-state index < -0.39 is 0 Å². The largest absolute Gasteiger partial charge is 0.357 e. The Morgan fingerprint density at radius 3 is 2.64 bits per heavy atom. The highest BCUT2D eigenvalue weighted by Gasteiger charge is 2.10. The first-order valence-electron chi connectivity index (χ1n) is 9.03. The van der Waals surface area contributed by atoms with Crippen LogP contribution in [0.2, 0.25) is 0 Å². The Hall–Kier alpha value is -2.49. The fourth-order valence-electron chi connectivity index (χ4n) is 2.61. The van der Waals surface area contributed by atoms with Gasteiger partial charge in [0.15, 0.2) is 11.8 Å². The number of guanidine groups is 1. The van der Waals surface area contributed by atoms with Crippen molar-refractivity contribution >= 4 is 29.9 Å². The molecule has 3 rings (SSSR count). The average Bonchev–Trinajstić information content (AvgIpc) is 3.18. The molecule has 1 aromatic carbocycles. The first-order valence-corrected chi connectivity index (χ1v) is 9.03. The summed E-state index contributed by atoms with van der Waals surface area (Å²) in [7, 11) is 2.03. The maximum absolute atomic E-state index is 5.28. The quantitative estimate of drug-likeness (QED) is 0.310. The maximum Gasteiger partial charge on any atom is 0.276 e. The van der Waals surface area contributed by atoms with E-state index in [9.17, 15) is 0 Å². The van der Waals surface area contributed by atoms with E-state index in [4.69, 9.17) is 4.52 Å². The van der Waals surface area contributed by atoms with E-state index in [-0.39, 0.29) is 24.0 Å². The first kappa shape index (κ1) is 21.8. The first-order chi connectivity index (χ1) is 13.3. The Kier molecular flexibility index (Phi) is 8.86. The summed E-state index contributed by atoms with van der Waals surface area (Å²) in [6, 6.07) is 15.9. The van der Waals surface area contributed by atoms with Gasteiger partial charge >= 0.3 is 0 Å². The highest BCUT2D eigenvalue weighted by Crippen LogP contribution is 2.13. The van der Waals surface area contributed by atoms with Gasteiger partial charge in [-0.25, -0.2) is 0 Å². The van der Waals surface area contributed by atoms with Crippen LogP contribution in [0.4, 0.5) is 0 Å². The van der Waals surface area contributed by atoms with Crippen molar-refractivity contribution in [3.8, 4) is 11.6 Å². The van der Waals surface area contributed by atoms with Crippen LogP contribution >= 0.6 is 24.0 Å². The molecule has 0 unspecified atom stereocenters. The van der Waals surface area contributed by atoms with Crippen molar-refractivity contribution in [2.24, 2.45) is 4.99 Å². The highest BCUT2D eigenvalue weighted by atomic mass is 127. The molecule has 0 aliphatic carbocycles. The lowest BCUT2D eigenvalue weighted by atomic mass is 10.2. The van der Waals surface area contributed by atoms with Crippen LogP contribution < -0.4 is 5.32 Å². The lowest BCUT2D eigenvalue weighted by Gasteiger charge is -2.22. The third-order valence-corrected chi connectivity index (χ3v) is 3.91. The summed E-state index contributed by atoms with van der Waals surface area (Å²) < 4.78 is 5.28. The highest BCUT2D eigenvalue weighted by molar-refractivity contribution is 14.0. The summed E-state index contributed by atoms with van der Waals surface area (Å²) in [4.78, 5) is 15.4. The van der Waals surface area contributed by atoms with E-state index in [0.29, 0.717) is 30.4 Å². The third kappa shape index (κ3) is 6.29. The van der Waals surface area contributed by atoms with Crippen LogP contribution in [0.15, 0.2) is 64.2 Å². The number of halogens is 1. The van der Waals surface area contributed by atoms with Crippen LogP contribution in [0.3, 0.4) is 0 Å². The number of aromatic nitrogens is 3. The fourth-order valence-corrected chi connectivity index (χ4v) is 2.61. The van der Waals surface area contributed by atoms with E-state index in [1.807, 2.05) is 43.4 Å². The molecule has 2 heterocycles. The molecule has 28 heavy (non-hydrogen) atoms. The molecule has 3 aromatic rings. The minimum atomic E-state index is 0. The van der Waals surface area contributed by atoms with E-state index in [2.05, 4.69) is 49.4 Å². The molecule has 0 saturated heterocycles. The zero-order valence-electron chi connectivity index (χ0n) is 16.1. The topological polar surface area (TPSA) is 79.4 Å². The molecule has 2 aromatic heterocycles. The Morgan fingerprint density at radius 1 is 1.14 bits per heavy atom. The second-order valence-electron chi connectivity index (χ2n) is 6.06. The van der Waals surface area contributed by atoms with Gasteiger partial charge in [0.25, 0.3) is 5.89 Å². The minimum absolute atomic E-state index is 0. The summed E-state index contributed by atoms with van der Waals surface area (Å²) in [6.45, 7) is 4.23. The van der Waals surface area contributed by atoms with Crippen molar-refractivity contribution in [3.63, 3.8) is 0 Å². The molecule has 0 saturated carbocycles. The second kappa shape index (κ2) is 11.4. The van der Waals surface area contributed by atoms with Crippen molar-refractivity contribution < 1.29 is 4.52 Å². The van der Waals surface area contributed by atoms with Crippen molar-refractivity contribution in [1.82, 2.24) is 25.3 Å². The number of benzene rings is 1. The molecule has 148 valence electrons. The Labute approximate surface area is 182 Å². The van der Waals surface area contributed by atoms with Gasteiger partial charge in [0.2, 0.25) is 0 Å². The van der Waals surface area contributed by atoms with Crippen LogP contribution in [0.5, 0.6) is 0 Å². The summed E-state index contributed by atoms with van der Waals surface area (Å²) in [6.07, 6.45) is 2.30. The zero-order chi connectivity index (χ0) is 18.9. The van der Waals surface area contributed by atoms with Crippen LogP contribution in [-0.2, 0) is 13.0 Å². The number of pyridine rings is 1. The molecule has 0 spiro atoms. The molecule has 8 heteroatoms. The zero-order valence-corrected chi connectivity index (χ0v) is 18.4. The number of rotatable bonds is 7. The number of hydrogen-bond donors (Lipinski definition) is 1. The van der Waals surface area contributed by atoms with E-state index in [1.54, 1.807) is 6.20 Å². The molecule has 0 aliphatic heterocycles. The molecular weight excluding hydrogens is 467 g/mol. The van der Waals surface area contributed by atoms with Crippen LogP contribution in [0, 0.1) is 0 Å². The predicted molar refractivity (Wildman–Crippen MR) is 121 cm³/mol. The van der Waals surface area contributed by atoms with Crippen LogP contribution in [0.1, 0.15) is 18.3 Å². The van der Waals surface area contributed by atoms with Crippen molar-refractivity contribution in [1.29, 1.82) is 0 Å². The Balaban J connectivity index is 0.00000280. The molecule has 0 fully saturated rings. The molecular formula is C20H25IN6O. The summed E-state index contributed by atoms with van der Waals surface area (Å²) >= 11 is 0. The standard InChI is InChI=1S/C20H24N6O.HI/c1-3-21-20(26(2)15-16-9-5-4-6-10-16)23-14-12-18-24-19(27-25-18)17-11-7-8-13-22-17;/h4-11,13H,3,12,14-15H2,1-2H3,(H,21,23);1H. The van der Waals surface area contributed by atoms with Gasteiger partial charge < -0.3 is 14.7 Å². The van der Waals surface area contributed by atoms with E-state index in [0.717, 1.165) is 19.0 Å². The summed E-state index contributed by atoms with van der Waals surface area (Å²) in [5.41, 5.74) is 1.92. The number of nitrogens with one attached hydrogen (secondary N) is 1. The Bertz CT molecular complexity index is 853. The molecule has 7 nitrogen and oxygen atoms in total. The minimum Gasteiger partial charge on any atom is -0.357 e. The number of hydrogen-bond acceptors (Lipinski definition) is 5. The van der Waals surface area contributed by atoms with Gasteiger partial charge in [-0.2, -0.15) is 4.98 Å². The van der Waals surface area contributed by atoms with Crippen LogP contribution in [-0.4, -0.2) is 46.1 Å². The predicted octanol–water partition coefficient (Wildman–Crippen LogP) is 3.39. The van der Waals surface area contributed by atoms with E-state index in [1.165, 1.54) is 5.56 Å². The Morgan fingerprint density at radius 2 is 1.93 bits per heavy atom. The average molecular weight is 492 g/mol. The lowest BCUT2D eigenvalue weighted by Crippen LogP contribution is -2.38. The molecule has 0 aliphatic rings. The SMILES string of the molecule is CCNC(=NCCc1noc(-c2ccccn2)n1)N(C)Cc1ccccc1.I. The maximum atomic E-state index is 5.28. The van der Waals surface area contributed by atoms with Gasteiger partial charge in [-0.1, -0.05) is 41.6 Å². The molecule has 0 radical (unpaired) electrons. The van der Waals surface area contributed by atoms with E-state index >= 15 is 0 Å². The summed E-state index contributed by atoms with van der Waals surface area (Å²) in [5, 5.41) is 7.34. The van der Waals surface area contributed by atoms with Crippen molar-refractivity contribution in [3.05, 3.63) is 66.1 Å². The smallest absolute Gasteiger partial charge is 0.276 e. The van der Waals surface area contributed by atoms with Crippen molar-refractivity contribution in [2.75, 3.05) is 20.1 Å². The van der Waals surface area contributed by atoms with Gasteiger partial charge in [0, 0.05) is 39.3 Å². The number of nitrogens with zero attached hydrogens (tertiary/aromatic N) is 5. The van der Waals surface area contributed by atoms with Gasteiger partial charge in [-0.05, 0) is 24.6 Å². The van der Waals surface area contributed by atoms with Gasteiger partial charge in [-0.15, -0.1) is 24.0 Å². The van der Waals surface area contributed by atoms with Crippen LogP contribution in [0.25, 0.3) is 11.6 Å². The monoisotopic (exact) mass is 492 g/mol. The summed E-state index contributed by atoms with van der Waals surface area (Å²) in [5.74, 6) is 1.92. The van der Waals surface area contributed by atoms with Gasteiger partial charge in [0.1, 0.15) is 5.69 Å². The lowest BCUT2D eigenvalue weighted by molar-refractivity contribution is 0.421.